The van der Waals surface area contributed by atoms with Gasteiger partial charge in [0.2, 0.25) is 0 Å². The average molecular weight is 289 g/mol. The third-order valence-corrected chi connectivity index (χ3v) is 4.69. The Morgan fingerprint density at radius 2 is 1.89 bits per heavy atom. The van der Waals surface area contributed by atoms with Gasteiger partial charge in [-0.25, -0.2) is 0 Å². The monoisotopic (exact) mass is 289 g/mol. The lowest BCUT2D eigenvalue weighted by Crippen LogP contribution is -2.16. The highest BCUT2D eigenvalue weighted by Crippen LogP contribution is 2.60. The van der Waals surface area contributed by atoms with Gasteiger partial charge in [0, 0.05) is 0 Å². The van der Waals surface area contributed by atoms with Gasteiger partial charge in [-0.2, -0.15) is 0 Å². The van der Waals surface area contributed by atoms with Gasteiger partial charge >= 0.3 is 7.60 Å². The highest BCUT2D eigenvalue weighted by Gasteiger charge is 2.37. The molecule has 0 heterocycles. The zero-order valence-electron chi connectivity index (χ0n) is 11.3. The van der Waals surface area contributed by atoms with Crippen molar-refractivity contribution in [1.82, 2.24) is 0 Å². The van der Waals surface area contributed by atoms with Crippen molar-refractivity contribution in [2.45, 2.75) is 19.6 Å². The van der Waals surface area contributed by atoms with Crippen LogP contribution in [-0.2, 0) is 13.6 Å². The normalized spacial score (nSPS) is 13.3. The molecule has 0 spiro atoms. The number of phenolic OH excluding ortho intramolecular Hbond substituents is 1. The molecule has 0 saturated heterocycles. The van der Waals surface area contributed by atoms with Crippen molar-refractivity contribution in [2.24, 2.45) is 5.73 Å². The summed E-state index contributed by atoms with van der Waals surface area (Å²) in [5, 5.41) is 9.90. The van der Waals surface area contributed by atoms with Gasteiger partial charge in [-0.1, -0.05) is 6.07 Å². The van der Waals surface area contributed by atoms with Crippen LogP contribution in [0.1, 0.15) is 25.2 Å². The quantitative estimate of drug-likeness (QED) is 0.750. The number of phenols is 1. The van der Waals surface area contributed by atoms with Crippen molar-refractivity contribution in [3.05, 3.63) is 23.8 Å². The Labute approximate surface area is 113 Å². The first-order valence-corrected chi connectivity index (χ1v) is 7.61. The summed E-state index contributed by atoms with van der Waals surface area (Å²) in [6.45, 7) is 3.78. The second kappa shape index (κ2) is 6.91. The standard InChI is InChI=1S/C12H20NO5P/c1-4-17-19(15,18-5-2)12(13)11-9(14)7-6-8-10(11)16-3/h6-8,12,14H,4-5,13H2,1-3H3/t12-/m0/s1. The third kappa shape index (κ3) is 3.48. The molecule has 19 heavy (non-hydrogen) atoms. The fourth-order valence-corrected chi connectivity index (χ4v) is 3.41. The van der Waals surface area contributed by atoms with E-state index in [4.69, 9.17) is 19.5 Å². The van der Waals surface area contributed by atoms with Gasteiger partial charge in [0.25, 0.3) is 0 Å². The molecule has 3 N–H and O–H groups in total. The number of benzene rings is 1. The molecule has 1 aromatic rings. The van der Waals surface area contributed by atoms with Crippen molar-refractivity contribution < 1.29 is 23.5 Å². The summed E-state index contributed by atoms with van der Waals surface area (Å²) in [5.74, 6) is -0.873. The summed E-state index contributed by atoms with van der Waals surface area (Å²) >= 11 is 0. The first-order valence-electron chi connectivity index (χ1n) is 6.00. The number of aromatic hydroxyl groups is 1. The molecule has 0 amide bonds. The molecule has 7 heteroatoms. The molecule has 0 aromatic heterocycles. The van der Waals surface area contributed by atoms with Crippen LogP contribution in [0.25, 0.3) is 0 Å². The van der Waals surface area contributed by atoms with Gasteiger partial charge in [-0.3, -0.25) is 4.57 Å². The molecule has 0 radical (unpaired) electrons. The maximum Gasteiger partial charge on any atom is 0.352 e. The van der Waals surface area contributed by atoms with E-state index in [1.54, 1.807) is 26.0 Å². The predicted octanol–water partition coefficient (Wildman–Crippen LogP) is 2.62. The first-order chi connectivity index (χ1) is 9.00. The minimum Gasteiger partial charge on any atom is -0.507 e. The molecule has 0 aliphatic heterocycles. The molecule has 0 aliphatic carbocycles. The second-order valence-electron chi connectivity index (χ2n) is 3.71. The van der Waals surface area contributed by atoms with E-state index < -0.39 is 13.4 Å². The van der Waals surface area contributed by atoms with Crippen LogP contribution in [0.2, 0.25) is 0 Å². The lowest BCUT2D eigenvalue weighted by atomic mass is 10.2. The molecule has 0 saturated carbocycles. The maximum absolute atomic E-state index is 12.6. The van der Waals surface area contributed by atoms with E-state index in [1.165, 1.54) is 13.2 Å². The van der Waals surface area contributed by atoms with Gasteiger partial charge < -0.3 is 24.6 Å². The molecule has 1 atom stereocenters. The largest absolute Gasteiger partial charge is 0.507 e. The van der Waals surface area contributed by atoms with Crippen LogP contribution in [0.3, 0.4) is 0 Å². The fraction of sp³-hybridized carbons (Fsp3) is 0.500. The van der Waals surface area contributed by atoms with Crippen molar-refractivity contribution >= 4 is 7.60 Å². The Hall–Kier alpha value is -1.07. The summed E-state index contributed by atoms with van der Waals surface area (Å²) in [6.07, 6.45) is 0. The Bertz CT molecular complexity index is 455. The topological polar surface area (TPSA) is 91.0 Å². The Kier molecular flexibility index (Phi) is 5.82. The fourth-order valence-electron chi connectivity index (χ4n) is 1.72. The summed E-state index contributed by atoms with van der Waals surface area (Å²) < 4.78 is 28.1. The predicted molar refractivity (Wildman–Crippen MR) is 72.4 cm³/mol. The molecular weight excluding hydrogens is 269 g/mol. The van der Waals surface area contributed by atoms with Crippen LogP contribution < -0.4 is 10.5 Å². The average Bonchev–Trinajstić information content (AvgIpc) is 2.38. The summed E-state index contributed by atoms with van der Waals surface area (Å²) in [4.78, 5) is 0. The number of methoxy groups -OCH3 is 1. The zero-order valence-corrected chi connectivity index (χ0v) is 12.2. The van der Waals surface area contributed by atoms with Gasteiger partial charge in [-0.15, -0.1) is 0 Å². The Balaban J connectivity index is 3.23. The maximum atomic E-state index is 12.6. The number of hydrogen-bond donors (Lipinski definition) is 2. The van der Waals surface area contributed by atoms with Gasteiger partial charge in [0.1, 0.15) is 17.3 Å². The first kappa shape index (κ1) is 16.0. The van der Waals surface area contributed by atoms with E-state index in [9.17, 15) is 9.67 Å². The van der Waals surface area contributed by atoms with Crippen molar-refractivity contribution in [3.8, 4) is 11.5 Å². The van der Waals surface area contributed by atoms with E-state index in [0.29, 0.717) is 5.75 Å². The molecule has 1 rings (SSSR count). The summed E-state index contributed by atoms with van der Waals surface area (Å²) in [5.41, 5.74) is 6.19. The minimum atomic E-state index is -3.56. The van der Waals surface area contributed by atoms with E-state index >= 15 is 0 Å². The van der Waals surface area contributed by atoms with Crippen molar-refractivity contribution in [2.75, 3.05) is 20.3 Å². The highest BCUT2D eigenvalue weighted by molar-refractivity contribution is 7.54. The van der Waals surface area contributed by atoms with Crippen LogP contribution in [0.5, 0.6) is 11.5 Å². The molecule has 0 unspecified atom stereocenters. The van der Waals surface area contributed by atoms with Gasteiger partial charge in [0.15, 0.2) is 0 Å². The molecule has 0 bridgehead atoms. The molecule has 1 aromatic carbocycles. The summed E-state index contributed by atoms with van der Waals surface area (Å²) in [6, 6.07) is 4.67. The minimum absolute atomic E-state index is 0.105. The van der Waals surface area contributed by atoms with Crippen molar-refractivity contribution in [3.63, 3.8) is 0 Å². The van der Waals surface area contributed by atoms with Crippen LogP contribution in [0.4, 0.5) is 0 Å². The zero-order chi connectivity index (χ0) is 14.5. The smallest absolute Gasteiger partial charge is 0.352 e. The second-order valence-corrected chi connectivity index (χ2v) is 5.87. The SMILES string of the molecule is CCOP(=O)(OCC)[C@H](N)c1c(O)cccc1OC. The number of rotatable bonds is 7. The lowest BCUT2D eigenvalue weighted by molar-refractivity contribution is 0.211. The Morgan fingerprint density at radius 1 is 1.32 bits per heavy atom. The van der Waals surface area contributed by atoms with E-state index in [2.05, 4.69) is 0 Å². The Morgan fingerprint density at radius 3 is 2.37 bits per heavy atom. The number of nitrogens with two attached hydrogens (primary N) is 1. The van der Waals surface area contributed by atoms with Crippen LogP contribution in [0.15, 0.2) is 18.2 Å². The molecule has 6 nitrogen and oxygen atoms in total. The number of ether oxygens (including phenoxy) is 1. The van der Waals surface area contributed by atoms with E-state index in [0.717, 1.165) is 0 Å². The number of hydrogen-bond acceptors (Lipinski definition) is 6. The van der Waals surface area contributed by atoms with Crippen LogP contribution >= 0.6 is 7.60 Å². The molecule has 0 fully saturated rings. The molecule has 108 valence electrons. The highest BCUT2D eigenvalue weighted by atomic mass is 31.2. The lowest BCUT2D eigenvalue weighted by Gasteiger charge is -2.25. The van der Waals surface area contributed by atoms with Gasteiger partial charge in [-0.05, 0) is 26.0 Å². The summed E-state index contributed by atoms with van der Waals surface area (Å²) in [7, 11) is -2.12. The van der Waals surface area contributed by atoms with Crippen LogP contribution in [0, 0.1) is 0 Å². The van der Waals surface area contributed by atoms with Crippen molar-refractivity contribution in [1.29, 1.82) is 0 Å². The van der Waals surface area contributed by atoms with Crippen LogP contribution in [-0.4, -0.2) is 25.4 Å². The third-order valence-electron chi connectivity index (χ3n) is 2.52. The van der Waals surface area contributed by atoms with E-state index in [1.807, 2.05) is 0 Å². The van der Waals surface area contributed by atoms with E-state index in [-0.39, 0.29) is 24.5 Å². The molecule has 0 aliphatic rings. The molecular formula is C12H20NO5P. The van der Waals surface area contributed by atoms with Gasteiger partial charge in [0.05, 0.1) is 25.9 Å².